The number of carboxylic acids is 1. The van der Waals surface area contributed by atoms with Gasteiger partial charge in [-0.2, -0.15) is 0 Å². The van der Waals surface area contributed by atoms with Gasteiger partial charge in [0, 0.05) is 12.6 Å². The van der Waals surface area contributed by atoms with Gasteiger partial charge in [0.05, 0.1) is 12.5 Å². The Bertz CT molecular complexity index is 826. The summed E-state index contributed by atoms with van der Waals surface area (Å²) in [6, 6.07) is 7.57. The van der Waals surface area contributed by atoms with Crippen LogP contribution < -0.4 is 5.32 Å². The van der Waals surface area contributed by atoms with E-state index in [1.165, 1.54) is 0 Å². The molecule has 3 atom stereocenters. The molecule has 11 heteroatoms. The van der Waals surface area contributed by atoms with Gasteiger partial charge in [0.1, 0.15) is 18.2 Å². The number of benzene rings is 1. The van der Waals surface area contributed by atoms with Crippen molar-refractivity contribution in [1.82, 2.24) is 10.2 Å². The van der Waals surface area contributed by atoms with Gasteiger partial charge in [-0.3, -0.25) is 14.5 Å². The number of likely N-dealkylation sites (tertiary alicyclic amines) is 1. The zero-order chi connectivity index (χ0) is 24.8. The van der Waals surface area contributed by atoms with E-state index in [-0.39, 0.29) is 6.42 Å². The summed E-state index contributed by atoms with van der Waals surface area (Å²) in [4.78, 5) is 38.7. The summed E-state index contributed by atoms with van der Waals surface area (Å²) in [6.07, 6.45) is -0.361. The third-order valence-corrected chi connectivity index (χ3v) is 5.31. The van der Waals surface area contributed by atoms with E-state index >= 15 is 0 Å². The third kappa shape index (κ3) is 9.57. The second kappa shape index (κ2) is 11.6. The Morgan fingerprint density at radius 3 is 2.33 bits per heavy atom. The Labute approximate surface area is 208 Å². The molecule has 1 aliphatic heterocycles. The van der Waals surface area contributed by atoms with E-state index in [0.29, 0.717) is 19.4 Å². The Morgan fingerprint density at radius 2 is 1.79 bits per heavy atom. The molecule has 2 rings (SSSR count). The molecule has 1 saturated heterocycles. The highest BCUT2D eigenvalue weighted by molar-refractivity contribution is 6.67. The summed E-state index contributed by atoms with van der Waals surface area (Å²) >= 11 is 16.9. The number of alkyl halides is 3. The SMILES string of the molecule is CC(C)(C)OC(=O)[C@@H]1CC[C@@H]([C@H](CC(=O)O)NC(=O)OCC(Cl)(Cl)Cl)N1Cc1ccccc1. The molecule has 2 N–H and O–H groups in total. The minimum atomic E-state index is -1.80. The minimum absolute atomic E-state index is 0.371. The van der Waals surface area contributed by atoms with Gasteiger partial charge < -0.3 is 19.9 Å². The Morgan fingerprint density at radius 1 is 1.15 bits per heavy atom. The van der Waals surface area contributed by atoms with Crippen molar-refractivity contribution in [1.29, 1.82) is 0 Å². The number of nitrogens with one attached hydrogen (secondary N) is 1. The molecule has 33 heavy (non-hydrogen) atoms. The molecule has 0 bridgehead atoms. The van der Waals surface area contributed by atoms with E-state index in [1.54, 1.807) is 20.8 Å². The summed E-state index contributed by atoms with van der Waals surface area (Å²) < 4.78 is 8.73. The van der Waals surface area contributed by atoms with Gasteiger partial charge in [-0.25, -0.2) is 4.79 Å². The zero-order valence-corrected chi connectivity index (χ0v) is 21.0. The van der Waals surface area contributed by atoms with Crippen LogP contribution in [0.3, 0.4) is 0 Å². The smallest absolute Gasteiger partial charge is 0.407 e. The molecule has 0 aliphatic carbocycles. The van der Waals surface area contributed by atoms with Crippen LogP contribution in [0.2, 0.25) is 0 Å². The molecule has 1 heterocycles. The van der Waals surface area contributed by atoms with Crippen molar-refractivity contribution in [2.75, 3.05) is 6.61 Å². The maximum absolute atomic E-state index is 13.0. The number of carbonyl (C=O) groups is 3. The molecule has 1 aromatic rings. The maximum Gasteiger partial charge on any atom is 0.407 e. The van der Waals surface area contributed by atoms with Crippen LogP contribution in [0.5, 0.6) is 0 Å². The van der Waals surface area contributed by atoms with Crippen LogP contribution in [0.1, 0.15) is 45.6 Å². The van der Waals surface area contributed by atoms with Crippen LogP contribution in [0.4, 0.5) is 4.79 Å². The number of aliphatic carboxylic acids is 1. The fraction of sp³-hybridized carbons (Fsp3) is 0.591. The lowest BCUT2D eigenvalue weighted by atomic mass is 10.0. The van der Waals surface area contributed by atoms with E-state index in [1.807, 2.05) is 35.2 Å². The standard InChI is InChI=1S/C22H29Cl3N2O6/c1-21(2,3)33-19(30)17-10-9-16(27(17)12-14-7-5-4-6-8-14)15(11-18(28)29)26-20(31)32-13-22(23,24)25/h4-8,15-17H,9-13H2,1-3H3,(H,26,31)(H,28,29)/t15-,16-,17-/m0/s1. The summed E-state index contributed by atoms with van der Waals surface area (Å²) in [5, 5.41) is 12.0. The van der Waals surface area contributed by atoms with E-state index in [4.69, 9.17) is 44.3 Å². The van der Waals surface area contributed by atoms with Crippen molar-refractivity contribution < 1.29 is 29.0 Å². The van der Waals surface area contributed by atoms with Gasteiger partial charge in [0.15, 0.2) is 0 Å². The predicted octanol–water partition coefficient (Wildman–Crippen LogP) is 4.30. The number of carbonyl (C=O) groups excluding carboxylic acids is 2. The molecular weight excluding hydrogens is 495 g/mol. The highest BCUT2D eigenvalue weighted by atomic mass is 35.6. The van der Waals surface area contributed by atoms with Crippen LogP contribution in [-0.2, 0) is 25.6 Å². The van der Waals surface area contributed by atoms with Crippen molar-refractivity contribution in [3.8, 4) is 0 Å². The van der Waals surface area contributed by atoms with Crippen LogP contribution in [0.15, 0.2) is 30.3 Å². The lowest BCUT2D eigenvalue weighted by Crippen LogP contribution is -2.53. The number of carboxylic acid groups (broad SMARTS) is 1. The number of amides is 1. The second-order valence-corrected chi connectivity index (χ2v) is 11.4. The first-order valence-corrected chi connectivity index (χ1v) is 11.6. The van der Waals surface area contributed by atoms with Crippen molar-refractivity contribution in [3.63, 3.8) is 0 Å². The number of hydrogen-bond acceptors (Lipinski definition) is 6. The lowest BCUT2D eigenvalue weighted by Gasteiger charge is -2.35. The van der Waals surface area contributed by atoms with Crippen molar-refractivity contribution in [3.05, 3.63) is 35.9 Å². The summed E-state index contributed by atoms with van der Waals surface area (Å²) in [5.74, 6) is -1.50. The van der Waals surface area contributed by atoms with E-state index in [9.17, 15) is 19.5 Å². The molecule has 0 unspecified atom stereocenters. The monoisotopic (exact) mass is 522 g/mol. The van der Waals surface area contributed by atoms with Gasteiger partial charge in [-0.1, -0.05) is 65.1 Å². The highest BCUT2D eigenvalue weighted by Gasteiger charge is 2.44. The van der Waals surface area contributed by atoms with Crippen LogP contribution >= 0.6 is 34.8 Å². The quantitative estimate of drug-likeness (QED) is 0.386. The van der Waals surface area contributed by atoms with Crippen molar-refractivity contribution >= 4 is 52.8 Å². The predicted molar refractivity (Wildman–Crippen MR) is 125 cm³/mol. The lowest BCUT2D eigenvalue weighted by molar-refractivity contribution is -0.161. The van der Waals surface area contributed by atoms with Gasteiger partial charge in [-0.15, -0.1) is 0 Å². The third-order valence-electron chi connectivity index (χ3n) is 4.98. The molecule has 8 nitrogen and oxygen atoms in total. The summed E-state index contributed by atoms with van der Waals surface area (Å²) in [7, 11) is 0. The highest BCUT2D eigenvalue weighted by Crippen LogP contribution is 2.32. The first kappa shape index (κ1) is 27.5. The molecular formula is C22H29Cl3N2O6. The van der Waals surface area contributed by atoms with Crippen molar-refractivity contribution in [2.24, 2.45) is 0 Å². The average Bonchev–Trinajstić information content (AvgIpc) is 3.08. The number of alkyl carbamates (subject to hydrolysis) is 1. The van der Waals surface area contributed by atoms with Crippen molar-refractivity contribution in [2.45, 2.75) is 74.1 Å². The Hall–Kier alpha value is -1.74. The second-order valence-electron chi connectivity index (χ2n) is 8.89. The number of nitrogens with zero attached hydrogens (tertiary/aromatic N) is 1. The molecule has 0 spiro atoms. The maximum atomic E-state index is 13.0. The Kier molecular flexibility index (Phi) is 9.67. The molecule has 1 aromatic carbocycles. The number of halogens is 3. The molecule has 184 valence electrons. The van der Waals surface area contributed by atoms with Crippen LogP contribution in [0, 0.1) is 0 Å². The van der Waals surface area contributed by atoms with Gasteiger partial charge in [-0.05, 0) is 39.2 Å². The zero-order valence-electron chi connectivity index (χ0n) is 18.7. The number of rotatable bonds is 8. The molecule has 0 radical (unpaired) electrons. The largest absolute Gasteiger partial charge is 0.481 e. The number of esters is 1. The summed E-state index contributed by atoms with van der Waals surface area (Å²) in [5.41, 5.74) is 0.263. The van der Waals surface area contributed by atoms with Gasteiger partial charge in [0.25, 0.3) is 0 Å². The van der Waals surface area contributed by atoms with Crippen LogP contribution in [-0.4, -0.2) is 62.2 Å². The van der Waals surface area contributed by atoms with E-state index in [0.717, 1.165) is 5.56 Å². The molecule has 0 aromatic heterocycles. The molecule has 1 fully saturated rings. The molecule has 0 saturated carbocycles. The summed E-state index contributed by atoms with van der Waals surface area (Å²) in [6.45, 7) is 5.23. The topological polar surface area (TPSA) is 105 Å². The fourth-order valence-electron chi connectivity index (χ4n) is 3.78. The van der Waals surface area contributed by atoms with Crippen LogP contribution in [0.25, 0.3) is 0 Å². The average molecular weight is 524 g/mol. The van der Waals surface area contributed by atoms with E-state index < -0.39 is 52.2 Å². The molecule has 1 amide bonds. The molecule has 1 aliphatic rings. The fourth-order valence-corrected chi connectivity index (χ4v) is 3.94. The van der Waals surface area contributed by atoms with Gasteiger partial charge in [0.2, 0.25) is 3.79 Å². The minimum Gasteiger partial charge on any atom is -0.481 e. The number of hydrogen-bond donors (Lipinski definition) is 2. The van der Waals surface area contributed by atoms with Gasteiger partial charge >= 0.3 is 18.0 Å². The first-order chi connectivity index (χ1) is 15.2. The Balaban J connectivity index is 2.27. The van der Waals surface area contributed by atoms with E-state index in [2.05, 4.69) is 5.32 Å². The first-order valence-electron chi connectivity index (χ1n) is 10.5. The number of ether oxygens (including phenoxy) is 2. The normalized spacial score (nSPS) is 20.2.